The Morgan fingerprint density at radius 2 is 1.53 bits per heavy atom. The lowest BCUT2D eigenvalue weighted by atomic mass is 9.93. The molecule has 6 heteroatoms. The number of aliphatic carboxylic acids is 1. The van der Waals surface area contributed by atoms with Crippen LogP contribution in [0.2, 0.25) is 0 Å². The van der Waals surface area contributed by atoms with Crippen LogP contribution in [0.1, 0.15) is 28.2 Å². The van der Waals surface area contributed by atoms with Gasteiger partial charge in [-0.1, -0.05) is 60.7 Å². The minimum absolute atomic E-state index is 0.0419. The minimum Gasteiger partial charge on any atom is -0.481 e. The second-order valence-corrected chi connectivity index (χ2v) is 7.85. The fourth-order valence-corrected chi connectivity index (χ4v) is 4.26. The van der Waals surface area contributed by atoms with Crippen LogP contribution in [-0.4, -0.2) is 29.7 Å². The number of nitrogens with two attached hydrogens (primary N) is 1. The predicted molar refractivity (Wildman–Crippen MR) is 119 cm³/mol. The quantitative estimate of drug-likeness (QED) is 0.442. The lowest BCUT2D eigenvalue weighted by molar-refractivity contribution is -0.159. The Kier molecular flexibility index (Phi) is 6.02. The number of fused-ring (bicyclic) bond motifs is 3. The molecule has 2 atom stereocenters. The van der Waals surface area contributed by atoms with Gasteiger partial charge in [-0.15, -0.1) is 0 Å². The van der Waals surface area contributed by atoms with Gasteiger partial charge in [-0.2, -0.15) is 5.26 Å². The standard InChI is InChI=1S/C26H22N2O4/c27-14-17-11-9-16(10-12-17)13-23(28)24(25(29)30)26(31)32-15-22-20-7-3-1-5-18(20)19-6-2-4-8-21(19)22/h1-12,22-24H,13,15,28H2,(H,29,30). The molecule has 0 saturated carbocycles. The third kappa shape index (κ3) is 4.11. The van der Waals surface area contributed by atoms with Crippen LogP contribution in [0.4, 0.5) is 0 Å². The molecule has 4 rings (SSSR count). The number of ether oxygens (including phenoxy) is 1. The molecule has 0 fully saturated rings. The molecule has 0 saturated heterocycles. The van der Waals surface area contributed by atoms with Crippen molar-refractivity contribution in [3.05, 3.63) is 95.1 Å². The summed E-state index contributed by atoms with van der Waals surface area (Å²) in [5.74, 6) is -3.81. The first-order valence-corrected chi connectivity index (χ1v) is 10.3. The Hall–Kier alpha value is -3.95. The number of nitriles is 1. The van der Waals surface area contributed by atoms with Gasteiger partial charge in [-0.3, -0.25) is 9.59 Å². The first-order valence-electron chi connectivity index (χ1n) is 10.3. The fourth-order valence-electron chi connectivity index (χ4n) is 4.26. The molecule has 160 valence electrons. The Bertz CT molecular complexity index is 1150. The average molecular weight is 426 g/mol. The molecule has 0 spiro atoms. The van der Waals surface area contributed by atoms with Crippen molar-refractivity contribution in [1.29, 1.82) is 5.26 Å². The van der Waals surface area contributed by atoms with Gasteiger partial charge in [0.2, 0.25) is 0 Å². The smallest absolute Gasteiger partial charge is 0.321 e. The van der Waals surface area contributed by atoms with Crippen molar-refractivity contribution < 1.29 is 19.4 Å². The Morgan fingerprint density at radius 3 is 2.06 bits per heavy atom. The molecule has 0 bridgehead atoms. The molecule has 0 amide bonds. The summed E-state index contributed by atoms with van der Waals surface area (Å²) in [5, 5.41) is 18.6. The number of carbonyl (C=O) groups excluding carboxylic acids is 1. The van der Waals surface area contributed by atoms with E-state index in [1.165, 1.54) is 0 Å². The summed E-state index contributed by atoms with van der Waals surface area (Å²) in [6.07, 6.45) is 0.173. The van der Waals surface area contributed by atoms with Crippen LogP contribution in [0, 0.1) is 17.2 Å². The molecule has 3 aromatic rings. The topological polar surface area (TPSA) is 113 Å². The maximum atomic E-state index is 12.8. The van der Waals surface area contributed by atoms with Crippen LogP contribution >= 0.6 is 0 Å². The molecule has 0 radical (unpaired) electrons. The van der Waals surface area contributed by atoms with Gasteiger partial charge in [-0.25, -0.2) is 0 Å². The van der Waals surface area contributed by atoms with E-state index in [-0.39, 0.29) is 18.9 Å². The zero-order valence-electron chi connectivity index (χ0n) is 17.3. The maximum absolute atomic E-state index is 12.8. The number of hydrogen-bond donors (Lipinski definition) is 2. The highest BCUT2D eigenvalue weighted by Crippen LogP contribution is 2.44. The lowest BCUT2D eigenvalue weighted by Crippen LogP contribution is -2.43. The maximum Gasteiger partial charge on any atom is 0.321 e. The highest BCUT2D eigenvalue weighted by molar-refractivity contribution is 5.95. The van der Waals surface area contributed by atoms with Crippen LogP contribution in [0.5, 0.6) is 0 Å². The normalized spacial score (nSPS) is 14.0. The summed E-state index contributed by atoms with van der Waals surface area (Å²) < 4.78 is 5.52. The summed E-state index contributed by atoms with van der Waals surface area (Å²) in [4.78, 5) is 24.6. The fraction of sp³-hybridized carbons (Fsp3) is 0.192. The Labute approximate surface area is 185 Å². The third-order valence-electron chi connectivity index (χ3n) is 5.86. The molecule has 32 heavy (non-hydrogen) atoms. The number of benzene rings is 3. The summed E-state index contributed by atoms with van der Waals surface area (Å²) >= 11 is 0. The number of carboxylic acid groups (broad SMARTS) is 1. The van der Waals surface area contributed by atoms with Gasteiger partial charge in [-0.05, 0) is 46.4 Å². The first kappa shape index (κ1) is 21.3. The van der Waals surface area contributed by atoms with E-state index in [1.807, 2.05) is 54.6 Å². The van der Waals surface area contributed by atoms with Crippen molar-refractivity contribution in [3.63, 3.8) is 0 Å². The third-order valence-corrected chi connectivity index (χ3v) is 5.86. The van der Waals surface area contributed by atoms with Crippen LogP contribution < -0.4 is 5.73 Å². The van der Waals surface area contributed by atoms with Crippen molar-refractivity contribution in [3.8, 4) is 17.2 Å². The highest BCUT2D eigenvalue weighted by Gasteiger charge is 2.36. The van der Waals surface area contributed by atoms with Gasteiger partial charge in [0.05, 0.1) is 11.6 Å². The molecule has 1 aliphatic carbocycles. The van der Waals surface area contributed by atoms with E-state index in [4.69, 9.17) is 15.7 Å². The second kappa shape index (κ2) is 9.04. The van der Waals surface area contributed by atoms with Crippen LogP contribution in [-0.2, 0) is 20.7 Å². The monoisotopic (exact) mass is 426 g/mol. The number of nitrogens with zero attached hydrogens (tertiary/aromatic N) is 1. The lowest BCUT2D eigenvalue weighted by Gasteiger charge is -2.21. The molecular formula is C26H22N2O4. The highest BCUT2D eigenvalue weighted by atomic mass is 16.5. The largest absolute Gasteiger partial charge is 0.481 e. The zero-order valence-corrected chi connectivity index (χ0v) is 17.3. The predicted octanol–water partition coefficient (Wildman–Crippen LogP) is 3.48. The number of esters is 1. The number of carbonyl (C=O) groups is 2. The molecule has 2 unspecified atom stereocenters. The summed E-state index contributed by atoms with van der Waals surface area (Å²) in [6, 6.07) is 23.6. The summed E-state index contributed by atoms with van der Waals surface area (Å²) in [7, 11) is 0. The van der Waals surface area contributed by atoms with Gasteiger partial charge in [0.1, 0.15) is 6.61 Å². The van der Waals surface area contributed by atoms with Crippen LogP contribution in [0.25, 0.3) is 11.1 Å². The summed E-state index contributed by atoms with van der Waals surface area (Å²) in [6.45, 7) is 0.0419. The van der Waals surface area contributed by atoms with E-state index in [0.29, 0.717) is 5.56 Å². The Morgan fingerprint density at radius 1 is 0.969 bits per heavy atom. The first-order chi connectivity index (χ1) is 15.5. The van der Waals surface area contributed by atoms with Crippen molar-refractivity contribution >= 4 is 11.9 Å². The molecule has 1 aliphatic rings. The molecule has 3 N–H and O–H groups in total. The average Bonchev–Trinajstić information content (AvgIpc) is 3.12. The van der Waals surface area contributed by atoms with Gasteiger partial charge in [0.25, 0.3) is 0 Å². The van der Waals surface area contributed by atoms with Crippen LogP contribution in [0.3, 0.4) is 0 Å². The van der Waals surface area contributed by atoms with E-state index < -0.39 is 23.9 Å². The summed E-state index contributed by atoms with van der Waals surface area (Å²) in [5.41, 5.74) is 11.6. The number of hydrogen-bond acceptors (Lipinski definition) is 5. The molecule has 3 aromatic carbocycles. The molecule has 0 aromatic heterocycles. The van der Waals surface area contributed by atoms with Crippen molar-refractivity contribution in [2.24, 2.45) is 11.7 Å². The SMILES string of the molecule is N#Cc1ccc(CC(N)C(C(=O)O)C(=O)OCC2c3ccccc3-c3ccccc32)cc1. The zero-order chi connectivity index (χ0) is 22.7. The molecule has 0 aliphatic heterocycles. The van der Waals surface area contributed by atoms with Gasteiger partial charge < -0.3 is 15.6 Å². The van der Waals surface area contributed by atoms with Gasteiger partial charge in [0.15, 0.2) is 5.92 Å². The van der Waals surface area contributed by atoms with E-state index in [2.05, 4.69) is 0 Å². The van der Waals surface area contributed by atoms with Gasteiger partial charge >= 0.3 is 11.9 Å². The van der Waals surface area contributed by atoms with E-state index >= 15 is 0 Å². The van der Waals surface area contributed by atoms with Crippen molar-refractivity contribution in [1.82, 2.24) is 0 Å². The van der Waals surface area contributed by atoms with Gasteiger partial charge in [0, 0.05) is 12.0 Å². The minimum atomic E-state index is -1.49. The van der Waals surface area contributed by atoms with Crippen LogP contribution in [0.15, 0.2) is 72.8 Å². The number of rotatable bonds is 7. The second-order valence-electron chi connectivity index (χ2n) is 7.85. The van der Waals surface area contributed by atoms with Crippen molar-refractivity contribution in [2.75, 3.05) is 6.61 Å². The Balaban J connectivity index is 1.48. The molecule has 6 nitrogen and oxygen atoms in total. The number of carboxylic acids is 1. The van der Waals surface area contributed by atoms with E-state index in [0.717, 1.165) is 27.8 Å². The van der Waals surface area contributed by atoms with E-state index in [1.54, 1.807) is 24.3 Å². The molecular weight excluding hydrogens is 404 g/mol. The van der Waals surface area contributed by atoms with E-state index in [9.17, 15) is 14.7 Å². The molecule has 0 heterocycles. The van der Waals surface area contributed by atoms with Crippen molar-refractivity contribution in [2.45, 2.75) is 18.4 Å².